The van der Waals surface area contributed by atoms with Crippen molar-refractivity contribution in [2.75, 3.05) is 19.4 Å². The van der Waals surface area contributed by atoms with Crippen molar-refractivity contribution in [2.24, 2.45) is 0 Å². The van der Waals surface area contributed by atoms with Gasteiger partial charge in [-0.05, 0) is 38.8 Å². The van der Waals surface area contributed by atoms with E-state index in [0.29, 0.717) is 6.54 Å². The Labute approximate surface area is 141 Å². The molecule has 0 aliphatic carbocycles. The number of fused-ring (bicyclic) bond motifs is 1. The van der Waals surface area contributed by atoms with Crippen LogP contribution in [0.5, 0.6) is 0 Å². The monoisotopic (exact) mass is 354 g/mol. The number of para-hydroxylation sites is 1. The summed E-state index contributed by atoms with van der Waals surface area (Å²) in [6.45, 7) is 4.16. The Morgan fingerprint density at radius 1 is 1.39 bits per heavy atom. The van der Waals surface area contributed by atoms with E-state index in [1.54, 1.807) is 36.6 Å². The molecule has 1 saturated heterocycles. The number of hydrogen-bond acceptors (Lipinski definition) is 5. The van der Waals surface area contributed by atoms with Crippen LogP contribution in [-0.2, 0) is 14.8 Å². The summed E-state index contributed by atoms with van der Waals surface area (Å²) in [6.07, 6.45) is 1.69. The zero-order chi connectivity index (χ0) is 16.7. The van der Waals surface area contributed by atoms with Crippen molar-refractivity contribution in [3.05, 3.63) is 29.3 Å². The predicted molar refractivity (Wildman–Crippen MR) is 93.2 cm³/mol. The van der Waals surface area contributed by atoms with Crippen LogP contribution in [0.15, 0.2) is 24.3 Å². The van der Waals surface area contributed by atoms with Crippen LogP contribution in [0.4, 0.5) is 0 Å². The fourth-order valence-corrected chi connectivity index (χ4v) is 6.28. The third kappa shape index (κ3) is 3.42. The molecule has 0 radical (unpaired) electrons. The molecular weight excluding hydrogens is 332 g/mol. The van der Waals surface area contributed by atoms with Crippen LogP contribution in [0, 0.1) is 0 Å². The van der Waals surface area contributed by atoms with Crippen LogP contribution < -0.4 is 0 Å². The average Bonchev–Trinajstić information content (AvgIpc) is 3.12. The van der Waals surface area contributed by atoms with Crippen LogP contribution in [-0.4, -0.2) is 42.7 Å². The van der Waals surface area contributed by atoms with Crippen LogP contribution in [0.2, 0.25) is 0 Å². The van der Waals surface area contributed by atoms with Gasteiger partial charge in [-0.1, -0.05) is 12.1 Å². The zero-order valence-corrected chi connectivity index (χ0v) is 15.3. The maximum absolute atomic E-state index is 12.8. The van der Waals surface area contributed by atoms with Gasteiger partial charge < -0.3 is 4.74 Å². The van der Waals surface area contributed by atoms with E-state index in [1.807, 2.05) is 24.3 Å². The number of rotatable bonds is 5. The van der Waals surface area contributed by atoms with Gasteiger partial charge in [0.2, 0.25) is 10.0 Å². The Hall–Kier alpha value is -1.02. The van der Waals surface area contributed by atoms with Gasteiger partial charge in [0.25, 0.3) is 0 Å². The Bertz CT molecular complexity index is 766. The molecule has 1 aromatic heterocycles. The Morgan fingerprint density at radius 3 is 2.83 bits per heavy atom. The Morgan fingerprint density at radius 2 is 2.13 bits per heavy atom. The van der Waals surface area contributed by atoms with E-state index in [9.17, 15) is 8.42 Å². The van der Waals surface area contributed by atoms with Crippen LogP contribution in [0.3, 0.4) is 0 Å². The molecule has 1 fully saturated rings. The number of nitrogens with zero attached hydrogens (tertiary/aromatic N) is 2. The first-order valence-electron chi connectivity index (χ1n) is 7.72. The van der Waals surface area contributed by atoms with Crippen molar-refractivity contribution in [1.29, 1.82) is 0 Å². The molecule has 2 aromatic rings. The van der Waals surface area contributed by atoms with Crippen LogP contribution in [0.1, 0.15) is 37.7 Å². The molecule has 0 N–H and O–H groups in total. The summed E-state index contributed by atoms with van der Waals surface area (Å²) in [5.74, 6) is -0.0160. The van der Waals surface area contributed by atoms with E-state index in [2.05, 4.69) is 4.98 Å². The van der Waals surface area contributed by atoms with E-state index < -0.39 is 15.6 Å². The van der Waals surface area contributed by atoms with Gasteiger partial charge in [-0.2, -0.15) is 4.31 Å². The molecule has 5 nitrogen and oxygen atoms in total. The summed E-state index contributed by atoms with van der Waals surface area (Å²) < 4.78 is 33.7. The standard InChI is InChI=1S/C16H22N2O3S2/c1-16(2,21-3)11-23(19,20)18-10-6-8-13(18)15-17-12-7-4-5-9-14(12)22-15/h4-5,7,9,13H,6,8,10-11H2,1-3H3/t13-/m0/s1. The van der Waals surface area contributed by atoms with E-state index in [1.165, 1.54) is 0 Å². The highest BCUT2D eigenvalue weighted by Gasteiger charge is 2.39. The number of methoxy groups -OCH3 is 1. The molecule has 2 heterocycles. The molecule has 3 rings (SSSR count). The third-order valence-electron chi connectivity index (χ3n) is 4.24. The number of thiazole rings is 1. The maximum atomic E-state index is 12.8. The lowest BCUT2D eigenvalue weighted by Crippen LogP contribution is -2.41. The molecule has 1 atom stereocenters. The summed E-state index contributed by atoms with van der Waals surface area (Å²) in [5, 5.41) is 0.891. The number of aromatic nitrogens is 1. The molecule has 1 aliphatic heterocycles. The van der Waals surface area contributed by atoms with Gasteiger partial charge in [-0.25, -0.2) is 13.4 Å². The average molecular weight is 354 g/mol. The maximum Gasteiger partial charge on any atom is 0.217 e. The fourth-order valence-electron chi connectivity index (χ4n) is 2.93. The number of hydrogen-bond donors (Lipinski definition) is 0. The van der Waals surface area contributed by atoms with Crippen LogP contribution >= 0.6 is 11.3 Å². The highest BCUT2D eigenvalue weighted by molar-refractivity contribution is 7.89. The van der Waals surface area contributed by atoms with Crippen molar-refractivity contribution in [3.63, 3.8) is 0 Å². The van der Waals surface area contributed by atoms with Crippen LogP contribution in [0.25, 0.3) is 10.2 Å². The zero-order valence-electron chi connectivity index (χ0n) is 13.7. The highest BCUT2D eigenvalue weighted by atomic mass is 32.2. The minimum Gasteiger partial charge on any atom is -0.378 e. The lowest BCUT2D eigenvalue weighted by Gasteiger charge is -2.28. The first kappa shape index (κ1) is 16.8. The molecule has 0 unspecified atom stereocenters. The van der Waals surface area contributed by atoms with Gasteiger partial charge in [0.1, 0.15) is 5.01 Å². The van der Waals surface area contributed by atoms with Crippen molar-refractivity contribution in [2.45, 2.75) is 38.3 Å². The van der Waals surface area contributed by atoms with Gasteiger partial charge >= 0.3 is 0 Å². The highest BCUT2D eigenvalue weighted by Crippen LogP contribution is 2.38. The van der Waals surface area contributed by atoms with Crippen molar-refractivity contribution < 1.29 is 13.2 Å². The second-order valence-corrected chi connectivity index (χ2v) is 9.49. The van der Waals surface area contributed by atoms with E-state index >= 15 is 0 Å². The topological polar surface area (TPSA) is 59.5 Å². The van der Waals surface area contributed by atoms with Gasteiger partial charge in [-0.15, -0.1) is 11.3 Å². The van der Waals surface area contributed by atoms with Crippen molar-refractivity contribution >= 4 is 31.6 Å². The largest absolute Gasteiger partial charge is 0.378 e. The molecule has 7 heteroatoms. The van der Waals surface area contributed by atoms with E-state index in [-0.39, 0.29) is 11.8 Å². The molecule has 0 spiro atoms. The lowest BCUT2D eigenvalue weighted by molar-refractivity contribution is 0.0415. The summed E-state index contributed by atoms with van der Waals surface area (Å²) in [6, 6.07) is 7.78. The molecule has 0 amide bonds. The first-order valence-corrected chi connectivity index (χ1v) is 10.2. The molecule has 1 aliphatic rings. The van der Waals surface area contributed by atoms with Gasteiger partial charge in [0, 0.05) is 13.7 Å². The minimum atomic E-state index is -3.39. The Kier molecular flexibility index (Phi) is 4.48. The lowest BCUT2D eigenvalue weighted by atomic mass is 10.2. The molecule has 0 bridgehead atoms. The molecule has 23 heavy (non-hydrogen) atoms. The van der Waals surface area contributed by atoms with Crippen molar-refractivity contribution in [3.8, 4) is 0 Å². The summed E-state index contributed by atoms with van der Waals surface area (Å²) in [7, 11) is -1.84. The van der Waals surface area contributed by atoms with E-state index in [4.69, 9.17) is 4.74 Å². The summed E-state index contributed by atoms with van der Waals surface area (Å²) in [5.41, 5.74) is 0.244. The second kappa shape index (κ2) is 6.12. The minimum absolute atomic E-state index is 0.0160. The quantitative estimate of drug-likeness (QED) is 0.827. The third-order valence-corrected chi connectivity index (χ3v) is 7.59. The molecule has 1 aromatic carbocycles. The SMILES string of the molecule is COC(C)(C)CS(=O)(=O)N1CCC[C@H]1c1nc2ccccc2s1. The summed E-state index contributed by atoms with van der Waals surface area (Å²) >= 11 is 1.59. The van der Waals surface area contributed by atoms with Gasteiger partial charge in [0.05, 0.1) is 27.6 Å². The predicted octanol–water partition coefficient (Wildman–Crippen LogP) is 3.19. The second-order valence-electron chi connectivity index (χ2n) is 6.51. The Balaban J connectivity index is 1.90. The molecular formula is C16H22N2O3S2. The van der Waals surface area contributed by atoms with E-state index in [0.717, 1.165) is 28.1 Å². The van der Waals surface area contributed by atoms with Gasteiger partial charge in [0.15, 0.2) is 0 Å². The molecule has 126 valence electrons. The normalized spacial score (nSPS) is 20.4. The number of ether oxygens (including phenoxy) is 1. The number of sulfonamides is 1. The fraction of sp³-hybridized carbons (Fsp3) is 0.562. The van der Waals surface area contributed by atoms with Gasteiger partial charge in [-0.3, -0.25) is 0 Å². The molecule has 0 saturated carbocycles. The summed E-state index contributed by atoms with van der Waals surface area (Å²) in [4.78, 5) is 4.66. The first-order chi connectivity index (χ1) is 10.8. The smallest absolute Gasteiger partial charge is 0.217 e. The number of benzene rings is 1. The van der Waals surface area contributed by atoms with Crippen molar-refractivity contribution in [1.82, 2.24) is 9.29 Å².